The predicted molar refractivity (Wildman–Crippen MR) is 180 cm³/mol. The highest BCUT2D eigenvalue weighted by atomic mass is 16.2. The van der Waals surface area contributed by atoms with Crippen molar-refractivity contribution in [2.45, 2.75) is 40.7 Å². The lowest BCUT2D eigenvalue weighted by atomic mass is 9.85. The smallest absolute Gasteiger partial charge is 0.265 e. The summed E-state index contributed by atoms with van der Waals surface area (Å²) in [5.41, 5.74) is 6.78. The first-order valence-corrected chi connectivity index (χ1v) is 15.5. The molecule has 0 radical (unpaired) electrons. The summed E-state index contributed by atoms with van der Waals surface area (Å²) in [4.78, 5) is 59.8. The molecule has 0 spiro atoms. The molecule has 7 rings (SSSR count). The minimum Gasteiger partial charge on any atom is -0.311 e. The van der Waals surface area contributed by atoms with Crippen molar-refractivity contribution < 1.29 is 19.2 Å². The van der Waals surface area contributed by atoms with Crippen LogP contribution in [0.2, 0.25) is 0 Å². The highest BCUT2D eigenvalue weighted by Crippen LogP contribution is 2.41. The number of anilines is 4. The first-order chi connectivity index (χ1) is 22.1. The van der Waals surface area contributed by atoms with Crippen LogP contribution in [-0.2, 0) is 0 Å². The lowest BCUT2D eigenvalue weighted by molar-refractivity contribution is 0.0512. The normalized spacial score (nSPS) is 14.8. The van der Waals surface area contributed by atoms with Crippen molar-refractivity contribution >= 4 is 57.2 Å². The number of rotatable bonds is 6. The van der Waals surface area contributed by atoms with Gasteiger partial charge in [0.15, 0.2) is 0 Å². The lowest BCUT2D eigenvalue weighted by Crippen LogP contribution is -2.48. The Bertz CT molecular complexity index is 1960. The van der Waals surface area contributed by atoms with Crippen LogP contribution < -0.4 is 9.80 Å². The van der Waals surface area contributed by atoms with Gasteiger partial charge in [0.05, 0.1) is 5.69 Å². The molecule has 1 unspecified atom stereocenters. The van der Waals surface area contributed by atoms with Gasteiger partial charge in [-0.1, -0.05) is 49.2 Å². The number of benzene rings is 5. The zero-order valence-corrected chi connectivity index (χ0v) is 26.4. The van der Waals surface area contributed by atoms with Gasteiger partial charge >= 0.3 is 0 Å². The van der Waals surface area contributed by atoms with Crippen LogP contribution in [-0.4, -0.2) is 34.6 Å². The summed E-state index contributed by atoms with van der Waals surface area (Å²) in [5.74, 6) is -1.76. The fourth-order valence-corrected chi connectivity index (χ4v) is 6.38. The summed E-state index contributed by atoms with van der Waals surface area (Å²) in [6, 6.07) is 29.9. The summed E-state index contributed by atoms with van der Waals surface area (Å²) in [6.45, 7) is 9.87. The molecule has 5 aromatic rings. The monoisotopic (exact) mass is 607 g/mol. The van der Waals surface area contributed by atoms with Crippen LogP contribution in [0.15, 0.2) is 97.1 Å². The van der Waals surface area contributed by atoms with Crippen LogP contribution in [0.1, 0.15) is 73.3 Å². The molecule has 0 aliphatic carbocycles. The quantitative estimate of drug-likeness (QED) is 0.181. The number of aryl methyl sites for hydroxylation is 2. The zero-order chi connectivity index (χ0) is 32.4. The second-order valence-corrected chi connectivity index (χ2v) is 12.5. The van der Waals surface area contributed by atoms with Crippen LogP contribution >= 0.6 is 0 Å². The predicted octanol–water partition coefficient (Wildman–Crippen LogP) is 8.37. The molecule has 46 heavy (non-hydrogen) atoms. The minimum absolute atomic E-state index is 0.0614. The molecular weight excluding hydrogens is 574 g/mol. The zero-order valence-electron chi connectivity index (χ0n) is 26.4. The third-order valence-corrected chi connectivity index (χ3v) is 9.25. The van der Waals surface area contributed by atoms with Gasteiger partial charge in [0.1, 0.15) is 0 Å². The highest BCUT2D eigenvalue weighted by molar-refractivity contribution is 6.39. The van der Waals surface area contributed by atoms with E-state index in [9.17, 15) is 19.2 Å². The molecule has 7 heteroatoms. The van der Waals surface area contributed by atoms with Gasteiger partial charge in [-0.3, -0.25) is 24.1 Å². The van der Waals surface area contributed by atoms with Gasteiger partial charge in [0, 0.05) is 56.1 Å². The van der Waals surface area contributed by atoms with E-state index in [4.69, 9.17) is 0 Å². The Morgan fingerprint density at radius 1 is 0.478 bits per heavy atom. The number of amides is 4. The number of hydrogen-bond acceptors (Lipinski definition) is 5. The molecule has 2 heterocycles. The molecule has 7 nitrogen and oxygen atoms in total. The average Bonchev–Trinajstić information content (AvgIpc) is 3.05. The van der Waals surface area contributed by atoms with Crippen molar-refractivity contribution in [1.82, 2.24) is 4.90 Å². The second-order valence-electron chi connectivity index (χ2n) is 12.5. The van der Waals surface area contributed by atoms with Gasteiger partial charge in [-0.25, -0.2) is 4.90 Å². The Balaban J connectivity index is 1.28. The van der Waals surface area contributed by atoms with Crippen molar-refractivity contribution in [3.63, 3.8) is 0 Å². The SMILES string of the molecule is Cc1ccc(N(c2ccc(C)cc2)c2ccc(N3C(=O)c4ccc5c6c(ccc(c46)C3=O)C(=O)N(C(C)C(C)C)C5=O)cc2)cc1. The molecular formula is C39H33N3O4. The molecule has 2 aliphatic heterocycles. The summed E-state index contributed by atoms with van der Waals surface area (Å²) >= 11 is 0. The highest BCUT2D eigenvalue weighted by Gasteiger charge is 2.41. The Morgan fingerprint density at radius 2 is 0.826 bits per heavy atom. The van der Waals surface area contributed by atoms with E-state index in [0.29, 0.717) is 27.6 Å². The summed E-state index contributed by atoms with van der Waals surface area (Å²) < 4.78 is 0. The van der Waals surface area contributed by atoms with Crippen LogP contribution in [0.4, 0.5) is 22.7 Å². The largest absolute Gasteiger partial charge is 0.311 e. The molecule has 1 atom stereocenters. The van der Waals surface area contributed by atoms with Crippen LogP contribution in [0.5, 0.6) is 0 Å². The maximum atomic E-state index is 14.0. The molecule has 2 aliphatic rings. The first-order valence-electron chi connectivity index (χ1n) is 15.5. The van der Waals surface area contributed by atoms with E-state index in [1.165, 1.54) is 9.80 Å². The van der Waals surface area contributed by atoms with Gasteiger partial charge in [-0.05, 0) is 99.5 Å². The third kappa shape index (κ3) is 4.42. The van der Waals surface area contributed by atoms with Crippen molar-refractivity contribution in [3.05, 3.63) is 130 Å². The Hall–Kier alpha value is -5.56. The van der Waals surface area contributed by atoms with Gasteiger partial charge in [0.25, 0.3) is 23.6 Å². The van der Waals surface area contributed by atoms with E-state index in [1.54, 1.807) is 36.4 Å². The minimum atomic E-state index is -0.499. The fourth-order valence-electron chi connectivity index (χ4n) is 6.38. The Labute approximate surface area is 267 Å². The average molecular weight is 608 g/mol. The van der Waals surface area contributed by atoms with Crippen molar-refractivity contribution in [2.75, 3.05) is 9.80 Å². The summed E-state index contributed by atoms with van der Waals surface area (Å²) in [5, 5.41) is 0.738. The summed E-state index contributed by atoms with van der Waals surface area (Å²) in [6.07, 6.45) is 0. The van der Waals surface area contributed by atoms with Crippen LogP contribution in [0, 0.1) is 19.8 Å². The van der Waals surface area contributed by atoms with E-state index in [2.05, 4.69) is 53.4 Å². The van der Waals surface area contributed by atoms with Gasteiger partial charge in [-0.2, -0.15) is 0 Å². The van der Waals surface area contributed by atoms with Gasteiger partial charge in [-0.15, -0.1) is 0 Å². The molecule has 0 fully saturated rings. The number of imide groups is 2. The Kier molecular flexibility index (Phi) is 6.85. The second kappa shape index (κ2) is 10.8. The van der Waals surface area contributed by atoms with E-state index in [0.717, 1.165) is 28.2 Å². The van der Waals surface area contributed by atoms with Crippen LogP contribution in [0.3, 0.4) is 0 Å². The molecule has 4 amide bonds. The number of nitrogens with zero attached hydrogens (tertiary/aromatic N) is 3. The van der Waals surface area contributed by atoms with Gasteiger partial charge in [0.2, 0.25) is 0 Å². The molecule has 0 aromatic heterocycles. The van der Waals surface area contributed by atoms with Crippen molar-refractivity contribution in [2.24, 2.45) is 5.92 Å². The fraction of sp³-hybridized carbons (Fsp3) is 0.179. The molecule has 0 saturated carbocycles. The van der Waals surface area contributed by atoms with E-state index >= 15 is 0 Å². The number of carbonyl (C=O) groups is 4. The van der Waals surface area contributed by atoms with Crippen LogP contribution in [0.25, 0.3) is 10.8 Å². The van der Waals surface area contributed by atoms with Crippen molar-refractivity contribution in [3.8, 4) is 0 Å². The number of hydrogen-bond donors (Lipinski definition) is 0. The number of carbonyl (C=O) groups excluding carboxylic acids is 4. The molecule has 0 saturated heterocycles. The first kappa shape index (κ1) is 29.2. The molecule has 0 bridgehead atoms. The maximum Gasteiger partial charge on any atom is 0.265 e. The van der Waals surface area contributed by atoms with E-state index in [-0.39, 0.29) is 23.1 Å². The van der Waals surface area contributed by atoms with E-state index < -0.39 is 23.6 Å². The topological polar surface area (TPSA) is 78.0 Å². The molecule has 0 N–H and O–H groups in total. The van der Waals surface area contributed by atoms with E-state index in [1.807, 2.05) is 46.8 Å². The third-order valence-electron chi connectivity index (χ3n) is 9.25. The molecule has 228 valence electrons. The lowest BCUT2D eigenvalue weighted by Gasteiger charge is -2.35. The van der Waals surface area contributed by atoms with Gasteiger partial charge < -0.3 is 4.90 Å². The standard InChI is InChI=1S/C39H33N3O4/c1-22(2)25(5)40-36(43)30-18-20-32-35-33(21-19-31(34(30)35)37(40)44)39(46)42(38(32)45)29-16-14-28(15-17-29)41(26-10-6-23(3)7-11-26)27-12-8-24(4)9-13-27/h6-22,25H,1-5H3. The van der Waals surface area contributed by atoms with Crippen molar-refractivity contribution in [1.29, 1.82) is 0 Å². The summed E-state index contributed by atoms with van der Waals surface area (Å²) in [7, 11) is 0. The molecule has 5 aromatic carbocycles. The Morgan fingerprint density at radius 3 is 1.20 bits per heavy atom. The maximum absolute atomic E-state index is 14.0.